The molecule has 0 saturated carbocycles. The van der Waals surface area contributed by atoms with Crippen molar-refractivity contribution >= 4 is 7.82 Å². The van der Waals surface area contributed by atoms with Crippen molar-refractivity contribution in [2.24, 2.45) is 5.92 Å². The van der Waals surface area contributed by atoms with E-state index in [4.69, 9.17) is 9.79 Å². The average molecular weight is 278 g/mol. The van der Waals surface area contributed by atoms with Gasteiger partial charge in [0.25, 0.3) is 0 Å². The summed E-state index contributed by atoms with van der Waals surface area (Å²) in [5.74, 6) is 0.659. The molecule has 18 heavy (non-hydrogen) atoms. The minimum absolute atomic E-state index is 0.659. The molecule has 1 atom stereocenters. The first kappa shape index (κ1) is 17.7. The number of hydrogen-bond donors (Lipinski definition) is 2. The third-order valence-corrected chi connectivity index (χ3v) is 3.32. The zero-order valence-corrected chi connectivity index (χ0v) is 12.4. The van der Waals surface area contributed by atoms with E-state index >= 15 is 0 Å². The standard InChI is InChI=1S/C13H27O4P/c1-3-4-5-6-7-10-13(2)11-8-9-12-17-18(14,15)16/h9,12-13H,3-8,10-11H2,1-2H3,(H2,14,15,16). The zero-order chi connectivity index (χ0) is 13.9. The van der Waals surface area contributed by atoms with Crippen LogP contribution in [0.5, 0.6) is 0 Å². The van der Waals surface area contributed by atoms with Crippen LogP contribution in [0.2, 0.25) is 0 Å². The normalized spacial score (nSPS) is 14.0. The predicted octanol–water partition coefficient (Wildman–Crippen LogP) is 4.39. The first-order chi connectivity index (χ1) is 8.45. The summed E-state index contributed by atoms with van der Waals surface area (Å²) in [5.41, 5.74) is 0. The molecular weight excluding hydrogens is 251 g/mol. The molecule has 0 bridgehead atoms. The first-order valence-electron chi connectivity index (χ1n) is 6.84. The van der Waals surface area contributed by atoms with E-state index < -0.39 is 7.82 Å². The molecule has 0 aliphatic rings. The Morgan fingerprint density at radius 2 is 1.83 bits per heavy atom. The average Bonchev–Trinajstić information content (AvgIpc) is 2.27. The van der Waals surface area contributed by atoms with Crippen LogP contribution in [0, 0.1) is 5.92 Å². The van der Waals surface area contributed by atoms with Crippen molar-refractivity contribution in [2.45, 2.75) is 65.2 Å². The van der Waals surface area contributed by atoms with Crippen LogP contribution in [0.15, 0.2) is 12.3 Å². The molecule has 0 aromatic carbocycles. The second kappa shape index (κ2) is 10.6. The van der Waals surface area contributed by atoms with Gasteiger partial charge >= 0.3 is 7.82 Å². The van der Waals surface area contributed by atoms with E-state index in [1.54, 1.807) is 6.08 Å². The van der Waals surface area contributed by atoms with Crippen LogP contribution in [-0.2, 0) is 9.09 Å². The summed E-state index contributed by atoms with van der Waals surface area (Å²) in [7, 11) is -4.34. The lowest BCUT2D eigenvalue weighted by Crippen LogP contribution is -1.94. The molecule has 108 valence electrons. The Labute approximate surface area is 111 Å². The molecule has 0 aliphatic heterocycles. The lowest BCUT2D eigenvalue weighted by molar-refractivity contribution is 0.258. The first-order valence-corrected chi connectivity index (χ1v) is 8.37. The molecule has 0 saturated heterocycles. The fraction of sp³-hybridized carbons (Fsp3) is 0.846. The summed E-state index contributed by atoms with van der Waals surface area (Å²) in [6, 6.07) is 0. The van der Waals surface area contributed by atoms with Crippen molar-refractivity contribution in [3.8, 4) is 0 Å². The lowest BCUT2D eigenvalue weighted by atomic mass is 9.98. The van der Waals surface area contributed by atoms with E-state index in [9.17, 15) is 4.57 Å². The maximum atomic E-state index is 10.4. The number of hydrogen-bond acceptors (Lipinski definition) is 2. The van der Waals surface area contributed by atoms with Crippen molar-refractivity contribution in [1.82, 2.24) is 0 Å². The van der Waals surface area contributed by atoms with Crippen LogP contribution in [0.25, 0.3) is 0 Å². The Bertz CT molecular complexity index is 260. The van der Waals surface area contributed by atoms with Crippen molar-refractivity contribution in [3.05, 3.63) is 12.3 Å². The molecule has 0 fully saturated rings. The molecule has 0 spiro atoms. The third-order valence-electron chi connectivity index (χ3n) is 2.92. The smallest absolute Gasteiger partial charge is 0.413 e. The third kappa shape index (κ3) is 13.8. The summed E-state index contributed by atoms with van der Waals surface area (Å²) in [6.45, 7) is 4.44. The summed E-state index contributed by atoms with van der Waals surface area (Å²) in [4.78, 5) is 16.9. The van der Waals surface area contributed by atoms with Crippen molar-refractivity contribution in [2.75, 3.05) is 0 Å². The highest BCUT2D eigenvalue weighted by Crippen LogP contribution is 2.35. The van der Waals surface area contributed by atoms with E-state index in [0.717, 1.165) is 19.1 Å². The molecule has 5 heteroatoms. The summed E-state index contributed by atoms with van der Waals surface area (Å²) >= 11 is 0. The number of phosphoric ester groups is 1. The summed E-state index contributed by atoms with van der Waals surface area (Å²) < 4.78 is 14.6. The number of unbranched alkanes of at least 4 members (excludes halogenated alkanes) is 4. The molecule has 0 aliphatic carbocycles. The zero-order valence-electron chi connectivity index (χ0n) is 11.5. The molecule has 0 heterocycles. The number of rotatable bonds is 11. The van der Waals surface area contributed by atoms with E-state index in [1.807, 2.05) is 0 Å². The van der Waals surface area contributed by atoms with Crippen LogP contribution in [0.1, 0.15) is 65.2 Å². The van der Waals surface area contributed by atoms with Crippen LogP contribution in [0.4, 0.5) is 0 Å². The second-order valence-electron chi connectivity index (χ2n) is 4.85. The maximum absolute atomic E-state index is 10.4. The van der Waals surface area contributed by atoms with Gasteiger partial charge in [0.2, 0.25) is 0 Å². The van der Waals surface area contributed by atoms with Crippen LogP contribution < -0.4 is 0 Å². The van der Waals surface area contributed by atoms with Gasteiger partial charge in [-0.3, -0.25) is 9.79 Å². The number of phosphoric acid groups is 1. The van der Waals surface area contributed by atoms with Gasteiger partial charge in [0.15, 0.2) is 0 Å². The minimum atomic E-state index is -4.34. The maximum Gasteiger partial charge on any atom is 0.524 e. The van der Waals surface area contributed by atoms with Gasteiger partial charge in [-0.15, -0.1) is 0 Å². The SMILES string of the molecule is CCCCCCCC(C)CCC=COP(=O)(O)O. The molecule has 0 aromatic heterocycles. The Kier molecular flexibility index (Phi) is 10.4. The fourth-order valence-corrected chi connectivity index (χ4v) is 2.06. The van der Waals surface area contributed by atoms with Crippen molar-refractivity contribution in [1.29, 1.82) is 0 Å². The minimum Gasteiger partial charge on any atom is -0.413 e. The highest BCUT2D eigenvalue weighted by Gasteiger charge is 2.11. The number of allylic oxidation sites excluding steroid dienone is 1. The van der Waals surface area contributed by atoms with Crippen LogP contribution in [-0.4, -0.2) is 9.79 Å². The molecule has 0 aromatic rings. The predicted molar refractivity (Wildman–Crippen MR) is 74.0 cm³/mol. The molecule has 0 amide bonds. The molecule has 4 nitrogen and oxygen atoms in total. The lowest BCUT2D eigenvalue weighted by Gasteiger charge is -2.09. The van der Waals surface area contributed by atoms with E-state index in [0.29, 0.717) is 5.92 Å². The van der Waals surface area contributed by atoms with E-state index in [2.05, 4.69) is 18.4 Å². The van der Waals surface area contributed by atoms with Gasteiger partial charge in [-0.1, -0.05) is 52.4 Å². The molecule has 2 N–H and O–H groups in total. The van der Waals surface area contributed by atoms with Gasteiger partial charge in [-0.25, -0.2) is 4.57 Å². The fourth-order valence-electron chi connectivity index (χ4n) is 1.81. The monoisotopic (exact) mass is 278 g/mol. The van der Waals surface area contributed by atoms with Crippen LogP contribution in [0.3, 0.4) is 0 Å². The Morgan fingerprint density at radius 3 is 2.44 bits per heavy atom. The van der Waals surface area contributed by atoms with Crippen molar-refractivity contribution in [3.63, 3.8) is 0 Å². The van der Waals surface area contributed by atoms with Crippen molar-refractivity contribution < 1.29 is 18.9 Å². The highest BCUT2D eigenvalue weighted by atomic mass is 31.2. The van der Waals surface area contributed by atoms with E-state index in [-0.39, 0.29) is 0 Å². The van der Waals surface area contributed by atoms with Gasteiger partial charge in [0.05, 0.1) is 6.26 Å². The van der Waals surface area contributed by atoms with Gasteiger partial charge in [-0.05, 0) is 24.8 Å². The van der Waals surface area contributed by atoms with Gasteiger partial charge < -0.3 is 4.52 Å². The van der Waals surface area contributed by atoms with E-state index in [1.165, 1.54) is 38.5 Å². The highest BCUT2D eigenvalue weighted by molar-refractivity contribution is 7.46. The molecule has 1 unspecified atom stereocenters. The van der Waals surface area contributed by atoms with Gasteiger partial charge in [0.1, 0.15) is 0 Å². The van der Waals surface area contributed by atoms with Gasteiger partial charge in [-0.2, -0.15) is 0 Å². The summed E-state index contributed by atoms with van der Waals surface area (Å²) in [5, 5.41) is 0. The molecular formula is C13H27O4P. The summed E-state index contributed by atoms with van der Waals surface area (Å²) in [6.07, 6.45) is 12.4. The van der Waals surface area contributed by atoms with Crippen LogP contribution >= 0.6 is 7.82 Å². The Morgan fingerprint density at radius 1 is 1.17 bits per heavy atom. The largest absolute Gasteiger partial charge is 0.524 e. The Hall–Kier alpha value is -0.310. The molecule has 0 rings (SSSR count). The van der Waals surface area contributed by atoms with Gasteiger partial charge in [0, 0.05) is 0 Å². The Balaban J connectivity index is 3.42. The second-order valence-corrected chi connectivity index (χ2v) is 6.05. The molecule has 0 radical (unpaired) electrons. The quantitative estimate of drug-likeness (QED) is 0.334. The topological polar surface area (TPSA) is 66.8 Å².